The summed E-state index contributed by atoms with van der Waals surface area (Å²) < 4.78 is 2.25. The van der Waals surface area contributed by atoms with E-state index in [1.807, 2.05) is 17.8 Å². The quantitative estimate of drug-likeness (QED) is 0.941. The predicted molar refractivity (Wildman–Crippen MR) is 79.6 cm³/mol. The van der Waals surface area contributed by atoms with Gasteiger partial charge < -0.3 is 9.67 Å². The summed E-state index contributed by atoms with van der Waals surface area (Å²) in [6, 6.07) is 5.83. The molecule has 1 aromatic heterocycles. The van der Waals surface area contributed by atoms with Crippen molar-refractivity contribution < 1.29 is 9.90 Å². The van der Waals surface area contributed by atoms with Crippen LogP contribution in [0.4, 0.5) is 0 Å². The van der Waals surface area contributed by atoms with Gasteiger partial charge in [-0.15, -0.1) is 0 Å². The van der Waals surface area contributed by atoms with E-state index in [2.05, 4.69) is 4.57 Å². The average molecular weight is 288 g/mol. The number of carboxylic acid groups (broad SMARTS) is 1. The van der Waals surface area contributed by atoms with Crippen LogP contribution < -0.4 is 0 Å². The number of aromatic nitrogens is 2. The van der Waals surface area contributed by atoms with Crippen LogP contribution in [0.1, 0.15) is 47.4 Å². The lowest BCUT2D eigenvalue weighted by molar-refractivity contribution is 0.0698. The maximum Gasteiger partial charge on any atom is 0.337 e. The highest BCUT2D eigenvalue weighted by Crippen LogP contribution is 2.44. The minimum absolute atomic E-state index is 0.388. The molecular formula is C15H16N2O2S. The number of fused-ring (bicyclic) bond motifs is 1. The summed E-state index contributed by atoms with van der Waals surface area (Å²) in [6.45, 7) is 0. The average Bonchev–Trinajstić information content (AvgIpc) is 3.00. The molecule has 2 fully saturated rings. The zero-order chi connectivity index (χ0) is 13.7. The molecule has 2 heterocycles. The van der Waals surface area contributed by atoms with Crippen molar-refractivity contribution in [3.63, 3.8) is 0 Å². The Morgan fingerprint density at radius 3 is 2.85 bits per heavy atom. The third kappa shape index (κ3) is 1.84. The molecule has 0 spiro atoms. The van der Waals surface area contributed by atoms with Gasteiger partial charge in [0.25, 0.3) is 0 Å². The number of hydrogen-bond donors (Lipinski definition) is 1. The molecule has 2 aromatic rings. The highest BCUT2D eigenvalue weighted by atomic mass is 32.2. The van der Waals surface area contributed by atoms with E-state index in [-0.39, 0.29) is 0 Å². The molecule has 0 amide bonds. The summed E-state index contributed by atoms with van der Waals surface area (Å²) in [5, 5.41) is 9.47. The van der Waals surface area contributed by atoms with Crippen molar-refractivity contribution in [1.82, 2.24) is 9.55 Å². The molecule has 1 N–H and O–H groups in total. The highest BCUT2D eigenvalue weighted by molar-refractivity contribution is 7.99. The van der Waals surface area contributed by atoms with Crippen LogP contribution in [-0.2, 0) is 0 Å². The molecule has 1 saturated heterocycles. The van der Waals surface area contributed by atoms with Crippen LogP contribution >= 0.6 is 11.8 Å². The Hall–Kier alpha value is -1.49. The predicted octanol–water partition coefficient (Wildman–Crippen LogP) is 3.29. The molecule has 1 saturated carbocycles. The second-order valence-corrected chi connectivity index (χ2v) is 6.76. The molecule has 5 heteroatoms. The summed E-state index contributed by atoms with van der Waals surface area (Å²) in [5.74, 6) is 3.02. The van der Waals surface area contributed by atoms with Gasteiger partial charge in [0.2, 0.25) is 0 Å². The maximum atomic E-state index is 11.5. The minimum Gasteiger partial charge on any atom is -0.478 e. The van der Waals surface area contributed by atoms with E-state index >= 15 is 0 Å². The molecule has 1 aliphatic heterocycles. The van der Waals surface area contributed by atoms with Gasteiger partial charge in [-0.25, -0.2) is 9.78 Å². The second kappa shape index (κ2) is 4.52. The number of carbonyl (C=O) groups is 1. The van der Waals surface area contributed by atoms with E-state index in [9.17, 15) is 9.90 Å². The third-order valence-electron chi connectivity index (χ3n) is 4.18. The van der Waals surface area contributed by atoms with Crippen LogP contribution in [0, 0.1) is 0 Å². The van der Waals surface area contributed by atoms with Gasteiger partial charge in [-0.3, -0.25) is 0 Å². The largest absolute Gasteiger partial charge is 0.478 e. The number of aromatic carboxylic acids is 1. The summed E-state index contributed by atoms with van der Waals surface area (Å²) in [5.41, 5.74) is 2.05. The fraction of sp³-hybridized carbons (Fsp3) is 0.467. The van der Waals surface area contributed by atoms with E-state index < -0.39 is 5.97 Å². The van der Waals surface area contributed by atoms with Gasteiger partial charge in [0.05, 0.1) is 16.6 Å². The monoisotopic (exact) mass is 288 g/mol. The Morgan fingerprint density at radius 2 is 2.20 bits per heavy atom. The number of benzene rings is 1. The summed E-state index contributed by atoms with van der Waals surface area (Å²) in [7, 11) is 0. The van der Waals surface area contributed by atoms with E-state index in [1.54, 1.807) is 12.1 Å². The zero-order valence-electron chi connectivity index (χ0n) is 11.1. The summed E-state index contributed by atoms with van der Waals surface area (Å²) in [6.07, 6.45) is 3.49. The van der Waals surface area contributed by atoms with Gasteiger partial charge in [-0.1, -0.05) is 6.07 Å². The van der Waals surface area contributed by atoms with Gasteiger partial charge in [0.15, 0.2) is 0 Å². The van der Waals surface area contributed by atoms with Gasteiger partial charge in [0, 0.05) is 17.7 Å². The molecule has 1 aromatic carbocycles. The first-order chi connectivity index (χ1) is 9.75. The first kappa shape index (κ1) is 12.3. The Labute approximate surface area is 121 Å². The van der Waals surface area contributed by atoms with Gasteiger partial charge in [0.1, 0.15) is 5.82 Å². The van der Waals surface area contributed by atoms with Crippen LogP contribution in [0.2, 0.25) is 0 Å². The number of rotatable bonds is 3. The number of carboxylic acids is 1. The van der Waals surface area contributed by atoms with Crippen molar-refractivity contribution >= 4 is 28.8 Å². The topological polar surface area (TPSA) is 55.1 Å². The highest BCUT2D eigenvalue weighted by Gasteiger charge is 2.33. The molecule has 104 valence electrons. The molecule has 1 aliphatic carbocycles. The maximum absolute atomic E-state index is 11.5. The van der Waals surface area contributed by atoms with Crippen LogP contribution in [-0.4, -0.2) is 32.1 Å². The second-order valence-electron chi connectivity index (χ2n) is 5.61. The molecule has 0 radical (unpaired) electrons. The zero-order valence-corrected chi connectivity index (χ0v) is 11.9. The smallest absolute Gasteiger partial charge is 0.337 e. The van der Waals surface area contributed by atoms with Crippen LogP contribution in [0.25, 0.3) is 11.0 Å². The lowest BCUT2D eigenvalue weighted by Crippen LogP contribution is -2.13. The van der Waals surface area contributed by atoms with Crippen LogP contribution in [0.15, 0.2) is 18.2 Å². The van der Waals surface area contributed by atoms with Crippen molar-refractivity contribution in [3.8, 4) is 0 Å². The molecule has 2 aliphatic rings. The van der Waals surface area contributed by atoms with Crippen LogP contribution in [0.5, 0.6) is 0 Å². The van der Waals surface area contributed by atoms with Crippen molar-refractivity contribution in [2.75, 3.05) is 11.5 Å². The van der Waals surface area contributed by atoms with E-state index in [1.165, 1.54) is 12.8 Å². The van der Waals surface area contributed by atoms with Crippen molar-refractivity contribution in [2.45, 2.75) is 31.2 Å². The third-order valence-corrected chi connectivity index (χ3v) is 5.33. The molecule has 0 bridgehead atoms. The van der Waals surface area contributed by atoms with E-state index in [0.29, 0.717) is 17.5 Å². The Balaban J connectivity index is 1.99. The fourth-order valence-electron chi connectivity index (χ4n) is 3.06. The fourth-order valence-corrected chi connectivity index (χ4v) is 4.26. The molecule has 4 rings (SSSR count). The Kier molecular flexibility index (Phi) is 2.77. The van der Waals surface area contributed by atoms with Crippen molar-refractivity contribution in [2.24, 2.45) is 0 Å². The number of nitrogens with zero attached hydrogens (tertiary/aromatic N) is 2. The normalized spacial score (nSPS) is 22.5. The lowest BCUT2D eigenvalue weighted by Gasteiger charge is -2.16. The SMILES string of the molecule is O=C(O)c1cccc2nc(C3CC3)n(C3CCSC3)c12. The van der Waals surface area contributed by atoms with Gasteiger partial charge >= 0.3 is 5.97 Å². The first-order valence-electron chi connectivity index (χ1n) is 7.07. The Morgan fingerprint density at radius 1 is 1.35 bits per heavy atom. The number of thioether (sulfide) groups is 1. The van der Waals surface area contributed by atoms with Gasteiger partial charge in [-0.2, -0.15) is 11.8 Å². The number of para-hydroxylation sites is 1. The van der Waals surface area contributed by atoms with E-state index in [0.717, 1.165) is 34.8 Å². The van der Waals surface area contributed by atoms with Gasteiger partial charge in [-0.05, 0) is 37.1 Å². The molecule has 20 heavy (non-hydrogen) atoms. The first-order valence-corrected chi connectivity index (χ1v) is 8.23. The summed E-state index contributed by atoms with van der Waals surface area (Å²) >= 11 is 1.95. The molecular weight excluding hydrogens is 272 g/mol. The minimum atomic E-state index is -0.857. The molecule has 1 unspecified atom stereocenters. The van der Waals surface area contributed by atoms with E-state index in [4.69, 9.17) is 4.98 Å². The number of hydrogen-bond acceptors (Lipinski definition) is 3. The number of imidazole rings is 1. The lowest BCUT2D eigenvalue weighted by atomic mass is 10.1. The molecule has 1 atom stereocenters. The van der Waals surface area contributed by atoms with Crippen molar-refractivity contribution in [3.05, 3.63) is 29.6 Å². The van der Waals surface area contributed by atoms with Crippen molar-refractivity contribution in [1.29, 1.82) is 0 Å². The van der Waals surface area contributed by atoms with Crippen LogP contribution in [0.3, 0.4) is 0 Å². The standard InChI is InChI=1S/C15H16N2O2S/c18-15(19)11-2-1-3-12-13(11)17(10-6-7-20-8-10)14(16-12)9-4-5-9/h1-3,9-10H,4-8H2,(H,18,19). The Bertz CT molecular complexity index is 684. The summed E-state index contributed by atoms with van der Waals surface area (Å²) in [4.78, 5) is 16.3. The molecule has 4 nitrogen and oxygen atoms in total.